The highest BCUT2D eigenvalue weighted by Crippen LogP contribution is 2.04. The van der Waals surface area contributed by atoms with Crippen LogP contribution < -0.4 is 10.0 Å². The van der Waals surface area contributed by atoms with Gasteiger partial charge in [-0.1, -0.05) is 0 Å². The molecule has 0 radical (unpaired) electrons. The topological polar surface area (TPSA) is 99.9 Å². The maximum absolute atomic E-state index is 11.5. The molecule has 0 bridgehead atoms. The number of guanidine groups is 1. The summed E-state index contributed by atoms with van der Waals surface area (Å²) in [5.74, 6) is -0.283. The second-order valence-electron chi connectivity index (χ2n) is 2.58. The number of sulfonamides is 1. The van der Waals surface area contributed by atoms with Gasteiger partial charge < -0.3 is 5.32 Å². The van der Waals surface area contributed by atoms with Gasteiger partial charge in [-0.2, -0.15) is 5.10 Å². The average Bonchev–Trinajstić information content (AvgIpc) is 2.51. The highest BCUT2D eigenvalue weighted by atomic mass is 32.2. The van der Waals surface area contributed by atoms with Crippen molar-refractivity contribution in [1.82, 2.24) is 19.8 Å². The Morgan fingerprint density at radius 1 is 1.64 bits per heavy atom. The molecule has 0 aromatic carbocycles. The molecular formula is C6H11N5O2S. The van der Waals surface area contributed by atoms with Crippen LogP contribution in [-0.2, 0) is 17.1 Å². The van der Waals surface area contributed by atoms with Crippen molar-refractivity contribution >= 4 is 16.0 Å². The van der Waals surface area contributed by atoms with E-state index in [2.05, 4.69) is 10.4 Å². The van der Waals surface area contributed by atoms with E-state index in [4.69, 9.17) is 5.41 Å². The first-order chi connectivity index (χ1) is 6.45. The van der Waals surface area contributed by atoms with Gasteiger partial charge in [0.25, 0.3) is 10.0 Å². The summed E-state index contributed by atoms with van der Waals surface area (Å²) >= 11 is 0. The lowest BCUT2D eigenvalue weighted by Crippen LogP contribution is -2.37. The monoisotopic (exact) mass is 217 g/mol. The van der Waals surface area contributed by atoms with Crippen LogP contribution in [0.5, 0.6) is 0 Å². The van der Waals surface area contributed by atoms with E-state index in [1.807, 2.05) is 4.72 Å². The van der Waals surface area contributed by atoms with Crippen molar-refractivity contribution in [2.45, 2.75) is 4.90 Å². The van der Waals surface area contributed by atoms with Gasteiger partial charge in [-0.25, -0.2) is 13.1 Å². The molecular weight excluding hydrogens is 206 g/mol. The Morgan fingerprint density at radius 3 is 2.71 bits per heavy atom. The number of rotatable bonds is 2. The lowest BCUT2D eigenvalue weighted by atomic mass is 10.7. The van der Waals surface area contributed by atoms with Gasteiger partial charge in [0.05, 0.1) is 6.20 Å². The minimum absolute atomic E-state index is 0.0278. The summed E-state index contributed by atoms with van der Waals surface area (Å²) in [6, 6.07) is 0. The van der Waals surface area contributed by atoms with Crippen LogP contribution in [0.15, 0.2) is 17.3 Å². The van der Waals surface area contributed by atoms with Gasteiger partial charge in [0.1, 0.15) is 4.90 Å². The molecule has 0 saturated carbocycles. The summed E-state index contributed by atoms with van der Waals surface area (Å²) in [6.07, 6.45) is 2.57. The van der Waals surface area contributed by atoms with Crippen LogP contribution in [0.1, 0.15) is 0 Å². The van der Waals surface area contributed by atoms with Crippen LogP contribution in [0.4, 0.5) is 0 Å². The molecule has 0 saturated heterocycles. The third-order valence-corrected chi connectivity index (χ3v) is 2.78. The van der Waals surface area contributed by atoms with E-state index < -0.39 is 10.0 Å². The minimum Gasteiger partial charge on any atom is -0.359 e. The molecule has 1 aromatic heterocycles. The Labute approximate surface area is 81.7 Å². The molecule has 0 aliphatic heterocycles. The van der Waals surface area contributed by atoms with Crippen molar-refractivity contribution in [1.29, 1.82) is 5.41 Å². The molecule has 0 aliphatic rings. The second-order valence-corrected chi connectivity index (χ2v) is 4.26. The van der Waals surface area contributed by atoms with E-state index in [1.54, 1.807) is 7.05 Å². The molecule has 3 N–H and O–H groups in total. The third kappa shape index (κ3) is 2.22. The molecule has 8 heteroatoms. The predicted octanol–water partition coefficient (Wildman–Crippen LogP) is -1.15. The Bertz CT molecular complexity index is 435. The molecule has 1 heterocycles. The largest absolute Gasteiger partial charge is 0.359 e. The molecule has 78 valence electrons. The fourth-order valence-electron chi connectivity index (χ4n) is 0.782. The molecule has 0 fully saturated rings. The van der Waals surface area contributed by atoms with E-state index >= 15 is 0 Å². The zero-order valence-corrected chi connectivity index (χ0v) is 8.59. The predicted molar refractivity (Wildman–Crippen MR) is 50.3 cm³/mol. The fraction of sp³-hybridized carbons (Fsp3) is 0.333. The molecule has 1 aromatic rings. The summed E-state index contributed by atoms with van der Waals surface area (Å²) in [5.41, 5.74) is 0. The van der Waals surface area contributed by atoms with E-state index in [-0.39, 0.29) is 10.9 Å². The molecule has 7 nitrogen and oxygen atoms in total. The number of aryl methyl sites for hydroxylation is 1. The highest BCUT2D eigenvalue weighted by molar-refractivity contribution is 7.90. The molecule has 0 amide bonds. The number of nitrogens with zero attached hydrogens (tertiary/aromatic N) is 2. The minimum atomic E-state index is -3.67. The van der Waals surface area contributed by atoms with Crippen LogP contribution >= 0.6 is 0 Å². The van der Waals surface area contributed by atoms with Crippen molar-refractivity contribution < 1.29 is 8.42 Å². The second kappa shape index (κ2) is 3.66. The maximum atomic E-state index is 11.5. The Hall–Kier alpha value is -1.57. The molecule has 14 heavy (non-hydrogen) atoms. The number of hydrogen-bond acceptors (Lipinski definition) is 4. The highest BCUT2D eigenvalue weighted by Gasteiger charge is 2.16. The zero-order valence-electron chi connectivity index (χ0n) is 7.77. The van der Waals surface area contributed by atoms with Gasteiger partial charge in [0.2, 0.25) is 5.96 Å². The summed E-state index contributed by atoms with van der Waals surface area (Å²) < 4.78 is 26.3. The van der Waals surface area contributed by atoms with Crippen LogP contribution in [0.2, 0.25) is 0 Å². The number of nitrogens with one attached hydrogen (secondary N) is 3. The molecule has 0 atom stereocenters. The lowest BCUT2D eigenvalue weighted by Gasteiger charge is -2.05. The van der Waals surface area contributed by atoms with E-state index in [0.29, 0.717) is 0 Å². The Kier molecular flexibility index (Phi) is 2.75. The molecule has 0 aliphatic carbocycles. The maximum Gasteiger partial charge on any atom is 0.267 e. The van der Waals surface area contributed by atoms with Gasteiger partial charge in [-0.3, -0.25) is 10.1 Å². The van der Waals surface area contributed by atoms with Gasteiger partial charge in [0.15, 0.2) is 0 Å². The van der Waals surface area contributed by atoms with E-state index in [9.17, 15) is 8.42 Å². The van der Waals surface area contributed by atoms with Crippen LogP contribution in [-0.4, -0.2) is 31.2 Å². The first-order valence-electron chi connectivity index (χ1n) is 3.73. The molecule has 0 spiro atoms. The smallest absolute Gasteiger partial charge is 0.267 e. The van der Waals surface area contributed by atoms with Crippen molar-refractivity contribution in [2.75, 3.05) is 7.05 Å². The average molecular weight is 217 g/mol. The standard InChI is InChI=1S/C6H11N5O2S/c1-8-6(7)10-14(12,13)5-3-9-11(2)4-5/h3-4H,1-2H3,(H3,7,8,10). The van der Waals surface area contributed by atoms with Crippen molar-refractivity contribution in [3.05, 3.63) is 12.4 Å². The summed E-state index contributed by atoms with van der Waals surface area (Å²) in [6.45, 7) is 0. The van der Waals surface area contributed by atoms with Crippen molar-refractivity contribution in [3.8, 4) is 0 Å². The van der Waals surface area contributed by atoms with Crippen LogP contribution in [0.3, 0.4) is 0 Å². The zero-order chi connectivity index (χ0) is 10.8. The fourth-order valence-corrected chi connectivity index (χ4v) is 1.75. The normalized spacial score (nSPS) is 11.0. The number of aromatic nitrogens is 2. The number of hydrogen-bond donors (Lipinski definition) is 3. The first-order valence-corrected chi connectivity index (χ1v) is 5.22. The van der Waals surface area contributed by atoms with Gasteiger partial charge in [-0.05, 0) is 0 Å². The van der Waals surface area contributed by atoms with E-state index in [0.717, 1.165) is 0 Å². The van der Waals surface area contributed by atoms with Gasteiger partial charge >= 0.3 is 0 Å². The molecule has 0 unspecified atom stereocenters. The SMILES string of the molecule is CNC(=N)NS(=O)(=O)c1cnn(C)c1. The van der Waals surface area contributed by atoms with Gasteiger partial charge in [0, 0.05) is 20.3 Å². The summed E-state index contributed by atoms with van der Waals surface area (Å²) in [5, 5.41) is 13.2. The van der Waals surface area contributed by atoms with Crippen molar-refractivity contribution in [2.24, 2.45) is 7.05 Å². The quantitative estimate of drug-likeness (QED) is 0.430. The lowest BCUT2D eigenvalue weighted by molar-refractivity contribution is 0.591. The van der Waals surface area contributed by atoms with Crippen LogP contribution in [0.25, 0.3) is 0 Å². The first kappa shape index (κ1) is 10.5. The third-order valence-electron chi connectivity index (χ3n) is 1.48. The van der Waals surface area contributed by atoms with Crippen LogP contribution in [0, 0.1) is 5.41 Å². The summed E-state index contributed by atoms with van der Waals surface area (Å²) in [7, 11) is -0.605. The Balaban J connectivity index is 2.92. The molecule has 1 rings (SSSR count). The van der Waals surface area contributed by atoms with Gasteiger partial charge in [-0.15, -0.1) is 0 Å². The van der Waals surface area contributed by atoms with E-state index in [1.165, 1.54) is 24.1 Å². The van der Waals surface area contributed by atoms with Crippen molar-refractivity contribution in [3.63, 3.8) is 0 Å². The summed E-state index contributed by atoms with van der Waals surface area (Å²) in [4.78, 5) is 0.0278. The Morgan fingerprint density at radius 2 is 2.29 bits per heavy atom.